The lowest BCUT2D eigenvalue weighted by Crippen LogP contribution is -1.93. The van der Waals surface area contributed by atoms with E-state index in [1.807, 2.05) is 0 Å². The second kappa shape index (κ2) is 4.74. The molecule has 0 aliphatic heterocycles. The van der Waals surface area contributed by atoms with Gasteiger partial charge in [0.05, 0.1) is 17.0 Å². The van der Waals surface area contributed by atoms with Crippen molar-refractivity contribution in [2.75, 3.05) is 0 Å². The normalized spacial score (nSPS) is 11.2. The summed E-state index contributed by atoms with van der Waals surface area (Å²) in [6, 6.07) is 3.40. The van der Waals surface area contributed by atoms with Crippen LogP contribution in [0.4, 0.5) is 4.39 Å². The molecule has 0 bridgehead atoms. The zero-order chi connectivity index (χ0) is 13.6. The van der Waals surface area contributed by atoms with Gasteiger partial charge in [-0.05, 0) is 39.7 Å². The predicted octanol–water partition coefficient (Wildman–Crippen LogP) is 5.10. The molecule has 2 heterocycles. The smallest absolute Gasteiger partial charge is 0.224 e. The number of fused-ring (bicyclic) bond motifs is 1. The van der Waals surface area contributed by atoms with Crippen LogP contribution in [0.5, 0.6) is 0 Å². The van der Waals surface area contributed by atoms with Crippen LogP contribution in [0.2, 0.25) is 10.4 Å². The molecule has 19 heavy (non-hydrogen) atoms. The Hall–Kier alpha value is -1.17. The molecule has 0 radical (unpaired) electrons. The van der Waals surface area contributed by atoms with E-state index < -0.39 is 5.82 Å². The van der Waals surface area contributed by atoms with Crippen LogP contribution in [0.25, 0.3) is 22.0 Å². The Balaban J connectivity index is 2.42. The molecule has 0 unspecified atom stereocenters. The van der Waals surface area contributed by atoms with Gasteiger partial charge in [-0.25, -0.2) is 14.4 Å². The molecule has 0 aliphatic rings. The second-order valence-corrected chi connectivity index (χ2v) is 5.23. The minimum absolute atomic E-state index is 0.0733. The number of halogens is 4. The van der Waals surface area contributed by atoms with Crippen molar-refractivity contribution >= 4 is 50.0 Å². The number of aromatic nitrogens is 2. The Kier molecular flexibility index (Phi) is 3.20. The van der Waals surface area contributed by atoms with E-state index in [0.29, 0.717) is 10.9 Å². The van der Waals surface area contributed by atoms with Crippen LogP contribution in [-0.2, 0) is 0 Å². The highest BCUT2D eigenvalue weighted by Gasteiger charge is 2.17. The molecule has 0 spiro atoms. The fourth-order valence-corrected chi connectivity index (χ4v) is 2.74. The summed E-state index contributed by atoms with van der Waals surface area (Å²) in [4.78, 5) is 7.67. The highest BCUT2D eigenvalue weighted by molar-refractivity contribution is 9.10. The van der Waals surface area contributed by atoms with Gasteiger partial charge in [0.25, 0.3) is 0 Å². The minimum Gasteiger partial charge on any atom is -0.472 e. The van der Waals surface area contributed by atoms with Gasteiger partial charge in [0.2, 0.25) is 5.28 Å². The van der Waals surface area contributed by atoms with Crippen LogP contribution in [0.1, 0.15) is 0 Å². The Morgan fingerprint density at radius 2 is 2.05 bits per heavy atom. The summed E-state index contributed by atoms with van der Waals surface area (Å²) in [5.41, 5.74) is 1.40. The van der Waals surface area contributed by atoms with E-state index in [9.17, 15) is 4.39 Å². The molecule has 2 aromatic heterocycles. The summed E-state index contributed by atoms with van der Waals surface area (Å²) in [5, 5.41) is 0.397. The maximum atomic E-state index is 14.3. The summed E-state index contributed by atoms with van der Waals surface area (Å²) in [6.07, 6.45) is 3.01. The molecule has 0 saturated carbocycles. The van der Waals surface area contributed by atoms with E-state index in [1.54, 1.807) is 12.1 Å². The maximum Gasteiger partial charge on any atom is 0.224 e. The third-order valence-corrected chi connectivity index (χ3v) is 3.86. The lowest BCUT2D eigenvalue weighted by molar-refractivity contribution is 0.568. The highest BCUT2D eigenvalue weighted by atomic mass is 79.9. The third kappa shape index (κ3) is 2.12. The number of hydrogen-bond donors (Lipinski definition) is 0. The SMILES string of the molecule is Fc1c(Br)c(-c2ccoc2)cc2c(Cl)nc(Cl)nc12. The van der Waals surface area contributed by atoms with E-state index in [0.717, 1.165) is 5.56 Å². The minimum atomic E-state index is -0.542. The van der Waals surface area contributed by atoms with Crippen LogP contribution in [0, 0.1) is 5.82 Å². The molecule has 3 rings (SSSR count). The summed E-state index contributed by atoms with van der Waals surface area (Å²) in [6.45, 7) is 0. The highest BCUT2D eigenvalue weighted by Crippen LogP contribution is 2.37. The Morgan fingerprint density at radius 1 is 1.26 bits per heavy atom. The first-order valence-electron chi connectivity index (χ1n) is 5.11. The predicted molar refractivity (Wildman–Crippen MR) is 74.9 cm³/mol. The number of hydrogen-bond acceptors (Lipinski definition) is 3. The maximum absolute atomic E-state index is 14.3. The molecule has 96 valence electrons. The van der Waals surface area contributed by atoms with Gasteiger partial charge in [0, 0.05) is 16.5 Å². The standard InChI is InChI=1S/C12H4BrCl2FN2O/c13-8-6(5-1-2-19-4-5)3-7-10(9(8)16)17-12(15)18-11(7)14/h1-4H. The van der Waals surface area contributed by atoms with Gasteiger partial charge in [0.1, 0.15) is 10.7 Å². The molecule has 3 aromatic rings. The van der Waals surface area contributed by atoms with Gasteiger partial charge in [-0.3, -0.25) is 0 Å². The van der Waals surface area contributed by atoms with Crippen molar-refractivity contribution in [2.24, 2.45) is 0 Å². The lowest BCUT2D eigenvalue weighted by atomic mass is 10.1. The van der Waals surface area contributed by atoms with E-state index in [2.05, 4.69) is 25.9 Å². The van der Waals surface area contributed by atoms with E-state index in [-0.39, 0.29) is 20.4 Å². The van der Waals surface area contributed by atoms with Crippen molar-refractivity contribution in [1.29, 1.82) is 0 Å². The zero-order valence-electron chi connectivity index (χ0n) is 9.12. The average Bonchev–Trinajstić information content (AvgIpc) is 2.88. The van der Waals surface area contributed by atoms with E-state index in [4.69, 9.17) is 27.6 Å². The third-order valence-electron chi connectivity index (χ3n) is 2.63. The molecule has 7 heteroatoms. The first kappa shape index (κ1) is 12.8. The zero-order valence-corrected chi connectivity index (χ0v) is 12.2. The number of furan rings is 1. The van der Waals surface area contributed by atoms with Crippen LogP contribution in [0.15, 0.2) is 33.5 Å². The molecular weight excluding hydrogens is 358 g/mol. The second-order valence-electron chi connectivity index (χ2n) is 3.74. The van der Waals surface area contributed by atoms with Crippen molar-refractivity contribution in [3.8, 4) is 11.1 Å². The van der Waals surface area contributed by atoms with Crippen LogP contribution in [-0.4, -0.2) is 9.97 Å². The van der Waals surface area contributed by atoms with Crippen molar-refractivity contribution in [1.82, 2.24) is 9.97 Å². The quantitative estimate of drug-likeness (QED) is 0.447. The molecule has 3 nitrogen and oxygen atoms in total. The van der Waals surface area contributed by atoms with E-state index in [1.165, 1.54) is 12.5 Å². The van der Waals surface area contributed by atoms with Gasteiger partial charge in [-0.15, -0.1) is 0 Å². The molecular formula is C12H4BrCl2FN2O. The number of rotatable bonds is 1. The van der Waals surface area contributed by atoms with Crippen LogP contribution in [0.3, 0.4) is 0 Å². The number of nitrogens with zero attached hydrogens (tertiary/aromatic N) is 2. The monoisotopic (exact) mass is 360 g/mol. The fourth-order valence-electron chi connectivity index (χ4n) is 1.77. The summed E-state index contributed by atoms with van der Waals surface area (Å²) >= 11 is 14.9. The average molecular weight is 362 g/mol. The molecule has 0 atom stereocenters. The van der Waals surface area contributed by atoms with Gasteiger partial charge in [-0.2, -0.15) is 0 Å². The summed E-state index contributed by atoms with van der Waals surface area (Å²) in [7, 11) is 0. The largest absolute Gasteiger partial charge is 0.472 e. The van der Waals surface area contributed by atoms with Crippen molar-refractivity contribution in [3.63, 3.8) is 0 Å². The van der Waals surface area contributed by atoms with Crippen molar-refractivity contribution < 1.29 is 8.81 Å². The molecule has 0 amide bonds. The Bertz CT molecular complexity index is 777. The molecule has 1 aromatic carbocycles. The van der Waals surface area contributed by atoms with E-state index >= 15 is 0 Å². The molecule has 0 saturated heterocycles. The summed E-state index contributed by atoms with van der Waals surface area (Å²) in [5.74, 6) is -0.542. The van der Waals surface area contributed by atoms with Gasteiger partial charge < -0.3 is 4.42 Å². The Morgan fingerprint density at radius 3 is 2.74 bits per heavy atom. The van der Waals surface area contributed by atoms with Gasteiger partial charge in [-0.1, -0.05) is 11.6 Å². The lowest BCUT2D eigenvalue weighted by Gasteiger charge is -2.08. The Labute approximate surface area is 125 Å². The molecule has 0 N–H and O–H groups in total. The molecule has 0 fully saturated rings. The summed E-state index contributed by atoms with van der Waals surface area (Å²) < 4.78 is 19.6. The van der Waals surface area contributed by atoms with Crippen molar-refractivity contribution in [2.45, 2.75) is 0 Å². The van der Waals surface area contributed by atoms with Crippen LogP contribution >= 0.6 is 39.1 Å². The number of benzene rings is 1. The first-order chi connectivity index (χ1) is 9.08. The fraction of sp³-hybridized carbons (Fsp3) is 0. The van der Waals surface area contributed by atoms with Gasteiger partial charge >= 0.3 is 0 Å². The van der Waals surface area contributed by atoms with Gasteiger partial charge in [0.15, 0.2) is 5.82 Å². The first-order valence-corrected chi connectivity index (χ1v) is 6.66. The topological polar surface area (TPSA) is 38.9 Å². The van der Waals surface area contributed by atoms with Crippen molar-refractivity contribution in [3.05, 3.63) is 45.4 Å². The van der Waals surface area contributed by atoms with Crippen LogP contribution < -0.4 is 0 Å². The molecule has 0 aliphatic carbocycles.